The molecule has 1 amide bonds. The first-order valence-corrected chi connectivity index (χ1v) is 15.4. The molecule has 1 unspecified atom stereocenters. The molecule has 1 spiro atoms. The van der Waals surface area contributed by atoms with Crippen LogP contribution in [0.4, 0.5) is 5.69 Å². The Bertz CT molecular complexity index is 1170. The monoisotopic (exact) mass is 551 g/mol. The van der Waals surface area contributed by atoms with Crippen LogP contribution in [-0.4, -0.2) is 103 Å². The van der Waals surface area contributed by atoms with Gasteiger partial charge in [0.05, 0.1) is 42.0 Å². The van der Waals surface area contributed by atoms with E-state index >= 15 is 0 Å². The fourth-order valence-electron chi connectivity index (χ4n) is 7.79. The summed E-state index contributed by atoms with van der Waals surface area (Å²) in [4.78, 5) is 21.6. The van der Waals surface area contributed by atoms with Crippen LogP contribution >= 0.6 is 0 Å². The molecule has 1 aromatic carbocycles. The first-order chi connectivity index (χ1) is 18.8. The minimum atomic E-state index is -0.457. The summed E-state index contributed by atoms with van der Waals surface area (Å²) in [6.07, 6.45) is 3.32. The summed E-state index contributed by atoms with van der Waals surface area (Å²) in [6.45, 7) is 17.7. The zero-order valence-electron chi connectivity index (χ0n) is 25.1. The number of fused-ring (bicyclic) bond motifs is 2. The molecule has 1 N–H and O–H groups in total. The van der Waals surface area contributed by atoms with Crippen LogP contribution in [0, 0.1) is 5.41 Å². The van der Waals surface area contributed by atoms with Crippen LogP contribution < -0.4 is 10.4 Å². The smallest absolute Gasteiger partial charge is 0.399 e. The lowest BCUT2D eigenvalue weighted by Crippen LogP contribution is -2.59. The normalized spacial score (nSPS) is 34.8. The number of nitrogens with zero attached hydrogens (tertiary/aromatic N) is 3. The highest BCUT2D eigenvalue weighted by Gasteiger charge is 2.58. The fourth-order valence-corrected chi connectivity index (χ4v) is 7.79. The van der Waals surface area contributed by atoms with Crippen LogP contribution in [0.3, 0.4) is 0 Å². The Hall–Kier alpha value is -1.49. The maximum absolute atomic E-state index is 14.5. The third-order valence-electron chi connectivity index (χ3n) is 11.6. The van der Waals surface area contributed by atoms with Gasteiger partial charge in [-0.05, 0) is 83.6 Å². The quantitative estimate of drug-likeness (QED) is 0.576. The molecule has 1 aromatic rings. The Morgan fingerprint density at radius 3 is 2.10 bits per heavy atom. The van der Waals surface area contributed by atoms with Gasteiger partial charge in [-0.15, -0.1) is 0 Å². The number of aliphatic hydroxyl groups excluding tert-OH is 1. The van der Waals surface area contributed by atoms with E-state index in [1.165, 1.54) is 5.56 Å². The summed E-state index contributed by atoms with van der Waals surface area (Å²) in [6, 6.07) is 7.62. The average Bonchev–Trinajstić information content (AvgIpc) is 3.31. The molecule has 5 fully saturated rings. The summed E-state index contributed by atoms with van der Waals surface area (Å²) in [5.41, 5.74) is 1.86. The number of carbonyl (C=O) groups excluding carboxylic acids is 1. The van der Waals surface area contributed by atoms with Gasteiger partial charge in [0.15, 0.2) is 0 Å². The number of amides is 1. The highest BCUT2D eigenvalue weighted by atomic mass is 16.7. The molecular formula is C31H46BN3O5. The summed E-state index contributed by atoms with van der Waals surface area (Å²) < 4.78 is 18.3. The lowest BCUT2D eigenvalue weighted by molar-refractivity contribution is -0.128. The first-order valence-electron chi connectivity index (χ1n) is 15.4. The maximum Gasteiger partial charge on any atom is 0.494 e. The average molecular weight is 552 g/mol. The molecular weight excluding hydrogens is 505 g/mol. The van der Waals surface area contributed by atoms with Gasteiger partial charge in [0.2, 0.25) is 5.91 Å². The molecule has 1 aliphatic carbocycles. The van der Waals surface area contributed by atoms with Crippen molar-refractivity contribution in [2.24, 2.45) is 5.41 Å². The SMILES string of the molecule is CC1(C)CN([C@H]2C[C@@H](N3C(=O)C4(CCN(C5COC5)CC4)c4ccc(B5OC(C)(C)C(C)(C)O5)cc43)C2)CC1O. The molecule has 0 bridgehead atoms. The molecule has 1 saturated carbocycles. The van der Waals surface area contributed by atoms with E-state index in [-0.39, 0.29) is 23.5 Å². The van der Waals surface area contributed by atoms with E-state index in [2.05, 4.69) is 74.4 Å². The number of anilines is 1. The number of hydrogen-bond donors (Lipinski definition) is 1. The fraction of sp³-hybridized carbons (Fsp3) is 0.774. The van der Waals surface area contributed by atoms with Crippen molar-refractivity contribution < 1.29 is 23.9 Å². The van der Waals surface area contributed by atoms with Crippen molar-refractivity contribution in [3.8, 4) is 0 Å². The number of aliphatic hydroxyl groups is 1. The number of hydrogen-bond acceptors (Lipinski definition) is 7. The molecule has 5 aliphatic heterocycles. The largest absolute Gasteiger partial charge is 0.494 e. The summed E-state index contributed by atoms with van der Waals surface area (Å²) in [5.74, 6) is 0.281. The second-order valence-corrected chi connectivity index (χ2v) is 15.1. The van der Waals surface area contributed by atoms with E-state index in [9.17, 15) is 9.90 Å². The Balaban J connectivity index is 1.17. The zero-order chi connectivity index (χ0) is 28.2. The van der Waals surface area contributed by atoms with Gasteiger partial charge in [-0.3, -0.25) is 14.6 Å². The molecule has 218 valence electrons. The van der Waals surface area contributed by atoms with E-state index < -0.39 is 23.7 Å². The van der Waals surface area contributed by atoms with Gasteiger partial charge in [0.25, 0.3) is 0 Å². The van der Waals surface area contributed by atoms with E-state index in [0.29, 0.717) is 12.1 Å². The predicted octanol–water partition coefficient (Wildman–Crippen LogP) is 2.30. The Kier molecular flexibility index (Phi) is 6.16. The number of rotatable bonds is 4. The number of ether oxygens (including phenoxy) is 1. The van der Waals surface area contributed by atoms with E-state index in [1.54, 1.807) is 0 Å². The van der Waals surface area contributed by atoms with Crippen LogP contribution in [0.25, 0.3) is 0 Å². The van der Waals surface area contributed by atoms with Crippen LogP contribution in [-0.2, 0) is 24.3 Å². The first kappa shape index (κ1) is 27.4. The van der Waals surface area contributed by atoms with Gasteiger partial charge in [-0.25, -0.2) is 0 Å². The van der Waals surface area contributed by atoms with Gasteiger partial charge >= 0.3 is 7.12 Å². The minimum Gasteiger partial charge on any atom is -0.399 e. The number of likely N-dealkylation sites (tertiary alicyclic amines) is 2. The zero-order valence-corrected chi connectivity index (χ0v) is 25.1. The molecule has 9 heteroatoms. The molecule has 8 nitrogen and oxygen atoms in total. The number of benzene rings is 1. The number of piperidine rings is 1. The van der Waals surface area contributed by atoms with Crippen LogP contribution in [0.15, 0.2) is 18.2 Å². The van der Waals surface area contributed by atoms with E-state index in [0.717, 1.165) is 76.2 Å². The molecule has 4 saturated heterocycles. The van der Waals surface area contributed by atoms with Crippen molar-refractivity contribution in [1.29, 1.82) is 0 Å². The lowest BCUT2D eigenvalue weighted by Gasteiger charge is -2.47. The highest BCUT2D eigenvalue weighted by Crippen LogP contribution is 2.51. The topological polar surface area (TPSA) is 74.7 Å². The van der Waals surface area contributed by atoms with Crippen molar-refractivity contribution >= 4 is 24.2 Å². The minimum absolute atomic E-state index is 0.0810. The van der Waals surface area contributed by atoms with Gasteiger partial charge in [-0.2, -0.15) is 0 Å². The predicted molar refractivity (Wildman–Crippen MR) is 155 cm³/mol. The number of carbonyl (C=O) groups is 1. The molecule has 40 heavy (non-hydrogen) atoms. The van der Waals surface area contributed by atoms with Crippen molar-refractivity contribution in [2.75, 3.05) is 44.3 Å². The Morgan fingerprint density at radius 2 is 1.55 bits per heavy atom. The second-order valence-electron chi connectivity index (χ2n) is 15.1. The van der Waals surface area contributed by atoms with Crippen molar-refractivity contribution in [2.45, 2.75) is 108 Å². The van der Waals surface area contributed by atoms with Crippen LogP contribution in [0.2, 0.25) is 0 Å². The Morgan fingerprint density at radius 1 is 0.900 bits per heavy atom. The third-order valence-corrected chi connectivity index (χ3v) is 11.6. The third kappa shape index (κ3) is 3.98. The van der Waals surface area contributed by atoms with Crippen LogP contribution in [0.1, 0.15) is 72.8 Å². The van der Waals surface area contributed by atoms with E-state index in [4.69, 9.17) is 14.0 Å². The summed E-state index contributed by atoms with van der Waals surface area (Å²) >= 11 is 0. The molecule has 1 atom stereocenters. The van der Waals surface area contributed by atoms with E-state index in [1.807, 2.05) is 0 Å². The van der Waals surface area contributed by atoms with Gasteiger partial charge in [-0.1, -0.05) is 26.0 Å². The van der Waals surface area contributed by atoms with Crippen molar-refractivity contribution in [1.82, 2.24) is 9.80 Å². The van der Waals surface area contributed by atoms with Gasteiger partial charge in [0, 0.05) is 36.3 Å². The van der Waals surface area contributed by atoms with Gasteiger partial charge in [0.1, 0.15) is 0 Å². The lowest BCUT2D eigenvalue weighted by atomic mass is 9.71. The number of β-amino-alcohol motifs (C(OH)–C–C–N with tert-alkyl or cyclic N) is 1. The van der Waals surface area contributed by atoms with Crippen molar-refractivity contribution in [3.63, 3.8) is 0 Å². The summed E-state index contributed by atoms with van der Waals surface area (Å²) in [7, 11) is -0.452. The maximum atomic E-state index is 14.5. The molecule has 0 radical (unpaired) electrons. The van der Waals surface area contributed by atoms with Crippen molar-refractivity contribution in [3.05, 3.63) is 23.8 Å². The summed E-state index contributed by atoms with van der Waals surface area (Å²) in [5, 5.41) is 10.6. The molecule has 5 heterocycles. The molecule has 6 aliphatic rings. The second kappa shape index (κ2) is 9.01. The molecule has 7 rings (SSSR count). The van der Waals surface area contributed by atoms with Gasteiger partial charge < -0.3 is 24.1 Å². The highest BCUT2D eigenvalue weighted by molar-refractivity contribution is 6.62. The Labute approximate surface area is 239 Å². The van der Waals surface area contributed by atoms with Crippen LogP contribution in [0.5, 0.6) is 0 Å². The standard InChI is InChI=1S/C31H46BN3O5/c1-28(2)19-34(16-26(28)36)21-14-22(15-21)35-25-13-20(32-39-29(3,4)30(5,6)40-32)7-8-24(25)31(27(35)37)9-11-33(12-10-31)23-17-38-18-23/h7-8,13,21-23,26,36H,9-12,14-19H2,1-6H3/t21-,22+,26?. The molecule has 0 aromatic heterocycles.